The molecule has 2 nitrogen and oxygen atoms in total. The molecule has 1 N–H and O–H groups in total. The SMILES string of the molecule is O=C(Nc1c(F)cccc1F)c1ccc(F)cc1Br. The molecule has 0 saturated heterocycles. The van der Waals surface area contributed by atoms with Crippen LogP contribution in [0.2, 0.25) is 0 Å². The van der Waals surface area contributed by atoms with Crippen molar-refractivity contribution in [2.75, 3.05) is 5.32 Å². The number of halogens is 4. The van der Waals surface area contributed by atoms with Gasteiger partial charge in [-0.05, 0) is 46.3 Å². The molecule has 1 amide bonds. The molecular formula is C13H7BrF3NO. The number of hydrogen-bond donors (Lipinski definition) is 1. The van der Waals surface area contributed by atoms with Gasteiger partial charge in [-0.25, -0.2) is 13.2 Å². The van der Waals surface area contributed by atoms with E-state index < -0.39 is 29.0 Å². The molecule has 98 valence electrons. The first-order valence-electron chi connectivity index (χ1n) is 5.19. The highest BCUT2D eigenvalue weighted by atomic mass is 79.9. The standard InChI is InChI=1S/C13H7BrF3NO/c14-9-6-7(15)4-5-8(9)13(19)18-12-10(16)2-1-3-11(12)17/h1-6H,(H,18,19). The number of carbonyl (C=O) groups is 1. The molecule has 0 spiro atoms. The van der Waals surface area contributed by atoms with Gasteiger partial charge in [0.15, 0.2) is 0 Å². The minimum Gasteiger partial charge on any atom is -0.317 e. The lowest BCUT2D eigenvalue weighted by Crippen LogP contribution is -2.15. The monoisotopic (exact) mass is 329 g/mol. The lowest BCUT2D eigenvalue weighted by molar-refractivity contribution is 0.102. The summed E-state index contributed by atoms with van der Waals surface area (Å²) in [6, 6.07) is 6.63. The van der Waals surface area contributed by atoms with Crippen LogP contribution in [0, 0.1) is 17.5 Å². The number of anilines is 1. The summed E-state index contributed by atoms with van der Waals surface area (Å²) in [5.41, 5.74) is -0.465. The van der Waals surface area contributed by atoms with Gasteiger partial charge < -0.3 is 5.32 Å². The van der Waals surface area contributed by atoms with Gasteiger partial charge in [0.05, 0.1) is 5.56 Å². The van der Waals surface area contributed by atoms with Crippen molar-refractivity contribution in [1.29, 1.82) is 0 Å². The zero-order valence-corrected chi connectivity index (χ0v) is 11.0. The minimum atomic E-state index is -0.883. The van der Waals surface area contributed by atoms with Crippen molar-refractivity contribution < 1.29 is 18.0 Å². The Hall–Kier alpha value is -1.82. The summed E-state index contributed by atoms with van der Waals surface area (Å²) in [5, 5.41) is 2.11. The van der Waals surface area contributed by atoms with Crippen LogP contribution in [0.3, 0.4) is 0 Å². The number of carbonyl (C=O) groups excluding carboxylic acids is 1. The fraction of sp³-hybridized carbons (Fsp3) is 0. The molecule has 0 fully saturated rings. The summed E-state index contributed by atoms with van der Waals surface area (Å²) in [7, 11) is 0. The van der Waals surface area contributed by atoms with E-state index in [0.29, 0.717) is 0 Å². The third-order valence-corrected chi connectivity index (χ3v) is 3.03. The number of hydrogen-bond acceptors (Lipinski definition) is 1. The van der Waals surface area contributed by atoms with E-state index in [-0.39, 0.29) is 10.0 Å². The van der Waals surface area contributed by atoms with Gasteiger partial charge in [-0.1, -0.05) is 6.07 Å². The van der Waals surface area contributed by atoms with Gasteiger partial charge in [0.25, 0.3) is 5.91 Å². The maximum absolute atomic E-state index is 13.4. The first-order valence-corrected chi connectivity index (χ1v) is 5.99. The Labute approximate surface area is 115 Å². The first-order chi connectivity index (χ1) is 8.99. The zero-order chi connectivity index (χ0) is 14.0. The van der Waals surface area contributed by atoms with Crippen LogP contribution in [0.1, 0.15) is 10.4 Å². The van der Waals surface area contributed by atoms with Crippen molar-refractivity contribution in [1.82, 2.24) is 0 Å². The minimum absolute atomic E-state index is 0.0732. The fourth-order valence-electron chi connectivity index (χ4n) is 1.47. The van der Waals surface area contributed by atoms with E-state index in [1.807, 2.05) is 0 Å². The van der Waals surface area contributed by atoms with E-state index in [1.165, 1.54) is 12.1 Å². The topological polar surface area (TPSA) is 29.1 Å². The molecular weight excluding hydrogens is 323 g/mol. The van der Waals surface area contributed by atoms with Crippen molar-refractivity contribution in [3.8, 4) is 0 Å². The Kier molecular flexibility index (Phi) is 3.90. The second kappa shape index (κ2) is 5.44. The van der Waals surface area contributed by atoms with Crippen LogP contribution in [-0.4, -0.2) is 5.91 Å². The van der Waals surface area contributed by atoms with Gasteiger partial charge in [0.2, 0.25) is 0 Å². The predicted octanol–water partition coefficient (Wildman–Crippen LogP) is 4.12. The van der Waals surface area contributed by atoms with Crippen LogP contribution >= 0.6 is 15.9 Å². The average Bonchev–Trinajstić information content (AvgIpc) is 2.33. The summed E-state index contributed by atoms with van der Waals surface area (Å²) in [6.07, 6.45) is 0. The molecule has 19 heavy (non-hydrogen) atoms. The fourth-order valence-corrected chi connectivity index (χ4v) is 2.00. The van der Waals surface area contributed by atoms with E-state index >= 15 is 0 Å². The Balaban J connectivity index is 2.31. The van der Waals surface area contributed by atoms with Gasteiger partial charge >= 0.3 is 0 Å². The highest BCUT2D eigenvalue weighted by Gasteiger charge is 2.15. The molecule has 0 aromatic heterocycles. The number of para-hydroxylation sites is 1. The molecule has 0 aliphatic rings. The number of amides is 1. The van der Waals surface area contributed by atoms with Crippen molar-refractivity contribution in [3.63, 3.8) is 0 Å². The summed E-state index contributed by atoms with van der Waals surface area (Å²) in [4.78, 5) is 11.9. The third kappa shape index (κ3) is 2.96. The lowest BCUT2D eigenvalue weighted by Gasteiger charge is -2.08. The molecule has 0 atom stereocenters. The van der Waals surface area contributed by atoms with Crippen LogP contribution < -0.4 is 5.32 Å². The molecule has 2 aromatic rings. The summed E-state index contributed by atoms with van der Waals surface area (Å²) >= 11 is 3.01. The van der Waals surface area contributed by atoms with E-state index in [2.05, 4.69) is 21.2 Å². The largest absolute Gasteiger partial charge is 0.317 e. The van der Waals surface area contributed by atoms with Gasteiger partial charge in [0.1, 0.15) is 23.1 Å². The molecule has 0 unspecified atom stereocenters. The average molecular weight is 330 g/mol. The van der Waals surface area contributed by atoms with Gasteiger partial charge in [-0.3, -0.25) is 4.79 Å². The number of nitrogens with one attached hydrogen (secondary N) is 1. The van der Waals surface area contributed by atoms with Gasteiger partial charge in [-0.2, -0.15) is 0 Å². The maximum atomic E-state index is 13.4. The van der Waals surface area contributed by atoms with Crippen LogP contribution in [0.25, 0.3) is 0 Å². The van der Waals surface area contributed by atoms with Crippen LogP contribution in [0.4, 0.5) is 18.9 Å². The summed E-state index contributed by atoms with van der Waals surface area (Å²) in [5.74, 6) is -3.03. The molecule has 0 heterocycles. The zero-order valence-electron chi connectivity index (χ0n) is 9.38. The molecule has 0 bridgehead atoms. The third-order valence-electron chi connectivity index (χ3n) is 2.38. The second-order valence-corrected chi connectivity index (χ2v) is 4.53. The van der Waals surface area contributed by atoms with E-state index in [4.69, 9.17) is 0 Å². The smallest absolute Gasteiger partial charge is 0.256 e. The number of benzene rings is 2. The lowest BCUT2D eigenvalue weighted by atomic mass is 10.2. The quantitative estimate of drug-likeness (QED) is 0.882. The van der Waals surface area contributed by atoms with Crippen LogP contribution in [-0.2, 0) is 0 Å². The Bertz CT molecular complexity index is 626. The molecule has 0 saturated carbocycles. The van der Waals surface area contributed by atoms with Gasteiger partial charge in [0, 0.05) is 4.47 Å². The summed E-state index contributed by atoms with van der Waals surface area (Å²) < 4.78 is 39.8. The van der Waals surface area contributed by atoms with E-state index in [1.54, 1.807) is 0 Å². The van der Waals surface area contributed by atoms with Crippen LogP contribution in [0.5, 0.6) is 0 Å². The number of rotatable bonds is 2. The van der Waals surface area contributed by atoms with Crippen LogP contribution in [0.15, 0.2) is 40.9 Å². The molecule has 0 aliphatic heterocycles. The highest BCUT2D eigenvalue weighted by Crippen LogP contribution is 2.22. The molecule has 2 aromatic carbocycles. The van der Waals surface area contributed by atoms with Crippen molar-refractivity contribution in [2.24, 2.45) is 0 Å². The highest BCUT2D eigenvalue weighted by molar-refractivity contribution is 9.10. The Morgan fingerprint density at radius 3 is 2.26 bits per heavy atom. The van der Waals surface area contributed by atoms with Gasteiger partial charge in [-0.15, -0.1) is 0 Å². The second-order valence-electron chi connectivity index (χ2n) is 3.67. The maximum Gasteiger partial charge on any atom is 0.256 e. The molecule has 0 aliphatic carbocycles. The van der Waals surface area contributed by atoms with Crippen molar-refractivity contribution >= 4 is 27.5 Å². The Morgan fingerprint density at radius 2 is 1.68 bits per heavy atom. The predicted molar refractivity (Wildman–Crippen MR) is 68.4 cm³/mol. The molecule has 6 heteroatoms. The van der Waals surface area contributed by atoms with Crippen molar-refractivity contribution in [3.05, 3.63) is 63.9 Å². The first kappa shape index (κ1) is 13.6. The summed E-state index contributed by atoms with van der Waals surface area (Å²) in [6.45, 7) is 0. The Morgan fingerprint density at radius 1 is 1.05 bits per heavy atom. The van der Waals surface area contributed by atoms with E-state index in [0.717, 1.165) is 24.3 Å². The van der Waals surface area contributed by atoms with Crippen molar-refractivity contribution in [2.45, 2.75) is 0 Å². The normalized spacial score (nSPS) is 10.3. The molecule has 0 radical (unpaired) electrons. The van der Waals surface area contributed by atoms with E-state index in [9.17, 15) is 18.0 Å². The molecule has 2 rings (SSSR count).